The van der Waals surface area contributed by atoms with E-state index in [0.29, 0.717) is 12.5 Å². The highest BCUT2D eigenvalue weighted by molar-refractivity contribution is 6.76. The zero-order valence-electron chi connectivity index (χ0n) is 20.0. The van der Waals surface area contributed by atoms with Gasteiger partial charge in [0.25, 0.3) is 5.82 Å². The normalized spacial score (nSPS) is 11.8. The molecule has 0 spiro atoms. The van der Waals surface area contributed by atoms with Gasteiger partial charge in [0.05, 0.1) is 18.1 Å². The highest BCUT2D eigenvalue weighted by Gasteiger charge is 2.22. The molecule has 0 saturated heterocycles. The van der Waals surface area contributed by atoms with Crippen LogP contribution < -0.4 is 0 Å². The molecule has 0 bridgehead atoms. The smallest absolute Gasteiger partial charge is 0.254 e. The number of hydrogen-bond donors (Lipinski definition) is 0. The van der Waals surface area contributed by atoms with Crippen molar-refractivity contribution < 1.29 is 4.74 Å². The molecule has 170 valence electrons. The Morgan fingerprint density at radius 1 is 1.15 bits per heavy atom. The van der Waals surface area contributed by atoms with Crippen molar-refractivity contribution in [1.29, 1.82) is 0 Å². The Balaban J connectivity index is 1.82. The lowest BCUT2D eigenvalue weighted by Crippen LogP contribution is -2.22. The number of imidazole rings is 1. The second-order valence-electron chi connectivity index (χ2n) is 9.41. The second kappa shape index (κ2) is 9.30. The number of nitrogens with zero attached hydrogens (tertiary/aromatic N) is 6. The van der Waals surface area contributed by atoms with Crippen LogP contribution in [0, 0.1) is 13.5 Å². The number of hydrogen-bond acceptors (Lipinski definition) is 4. The summed E-state index contributed by atoms with van der Waals surface area (Å²) in [6.45, 7) is 19.8. The van der Waals surface area contributed by atoms with Crippen molar-refractivity contribution in [2.24, 2.45) is 0 Å². The molecule has 0 aliphatic carbocycles. The summed E-state index contributed by atoms with van der Waals surface area (Å²) in [5, 5.41) is 4.97. The molecule has 0 unspecified atom stereocenters. The zero-order valence-corrected chi connectivity index (χ0v) is 21.0. The van der Waals surface area contributed by atoms with Gasteiger partial charge >= 0.3 is 0 Å². The Kier molecular flexibility index (Phi) is 6.45. The Morgan fingerprint density at radius 3 is 2.67 bits per heavy atom. The van der Waals surface area contributed by atoms with Crippen LogP contribution in [0.15, 0.2) is 42.7 Å². The van der Waals surface area contributed by atoms with E-state index in [9.17, 15) is 0 Å². The van der Waals surface area contributed by atoms with Gasteiger partial charge in [0.2, 0.25) is 5.65 Å². The molecule has 4 rings (SSSR count). The van der Waals surface area contributed by atoms with Gasteiger partial charge in [-0.3, -0.25) is 4.98 Å². The van der Waals surface area contributed by atoms with Crippen molar-refractivity contribution in [2.45, 2.75) is 52.7 Å². The van der Waals surface area contributed by atoms with Gasteiger partial charge < -0.3 is 9.58 Å². The van der Waals surface area contributed by atoms with Gasteiger partial charge in [-0.1, -0.05) is 39.2 Å². The maximum absolute atomic E-state index is 7.46. The molecule has 0 amide bonds. The fourth-order valence-electron chi connectivity index (χ4n) is 3.85. The first-order valence-corrected chi connectivity index (χ1v) is 15.0. The fourth-order valence-corrected chi connectivity index (χ4v) is 4.60. The summed E-state index contributed by atoms with van der Waals surface area (Å²) >= 11 is 0. The predicted octanol–water partition coefficient (Wildman–Crippen LogP) is 5.99. The minimum Gasteiger partial charge on any atom is -0.362 e. The van der Waals surface area contributed by atoms with E-state index in [1.165, 1.54) is 0 Å². The van der Waals surface area contributed by atoms with E-state index in [1.54, 1.807) is 6.20 Å². The molecular weight excluding hydrogens is 428 g/mol. The maximum Gasteiger partial charge on any atom is 0.254 e. The van der Waals surface area contributed by atoms with Crippen LogP contribution >= 0.6 is 0 Å². The first-order valence-electron chi connectivity index (χ1n) is 11.3. The van der Waals surface area contributed by atoms with E-state index in [2.05, 4.69) is 36.4 Å². The molecule has 4 heterocycles. The average Bonchev–Trinajstić information content (AvgIpc) is 3.36. The average molecular weight is 459 g/mol. The Bertz CT molecular complexity index is 1330. The SMILES string of the molecule is [C-]#[N+]c1cnc2ccc(-c3c(-c4cccc(C)n4)nn(COCC[Si](C)(C)C)c3CC)cn12. The highest BCUT2D eigenvalue weighted by Crippen LogP contribution is 2.35. The molecule has 0 aliphatic heterocycles. The maximum atomic E-state index is 7.46. The van der Waals surface area contributed by atoms with Gasteiger partial charge in [0, 0.05) is 43.3 Å². The second-order valence-corrected chi connectivity index (χ2v) is 15.0. The molecule has 0 N–H and O–H groups in total. The Morgan fingerprint density at radius 2 is 1.97 bits per heavy atom. The van der Waals surface area contributed by atoms with E-state index in [4.69, 9.17) is 21.4 Å². The predicted molar refractivity (Wildman–Crippen MR) is 134 cm³/mol. The largest absolute Gasteiger partial charge is 0.362 e. The van der Waals surface area contributed by atoms with Crippen LogP contribution in [0.4, 0.5) is 5.82 Å². The molecular formula is C25H30N6OSi. The minimum absolute atomic E-state index is 0.410. The van der Waals surface area contributed by atoms with Crippen molar-refractivity contribution in [3.8, 4) is 22.5 Å². The van der Waals surface area contributed by atoms with E-state index in [0.717, 1.165) is 58.6 Å². The summed E-state index contributed by atoms with van der Waals surface area (Å²) in [4.78, 5) is 12.7. The molecule has 7 nitrogen and oxygen atoms in total. The van der Waals surface area contributed by atoms with Crippen LogP contribution in [0.5, 0.6) is 0 Å². The third kappa shape index (κ3) is 4.89. The topological polar surface area (TPSA) is 61.6 Å². The van der Waals surface area contributed by atoms with Crippen LogP contribution in [-0.2, 0) is 17.9 Å². The lowest BCUT2D eigenvalue weighted by Gasteiger charge is -2.16. The molecule has 33 heavy (non-hydrogen) atoms. The van der Waals surface area contributed by atoms with E-state index in [-0.39, 0.29) is 0 Å². The molecule has 0 aromatic carbocycles. The molecule has 0 fully saturated rings. The molecule has 8 heteroatoms. The van der Waals surface area contributed by atoms with Crippen LogP contribution in [-0.4, -0.2) is 38.8 Å². The lowest BCUT2D eigenvalue weighted by atomic mass is 10.0. The third-order valence-electron chi connectivity index (χ3n) is 5.62. The summed E-state index contributed by atoms with van der Waals surface area (Å²) in [6.07, 6.45) is 4.37. The lowest BCUT2D eigenvalue weighted by molar-refractivity contribution is 0.0768. The van der Waals surface area contributed by atoms with Gasteiger partial charge in [-0.15, -0.1) is 0 Å². The van der Waals surface area contributed by atoms with Gasteiger partial charge in [0.1, 0.15) is 12.4 Å². The van der Waals surface area contributed by atoms with Crippen molar-refractivity contribution >= 4 is 19.5 Å². The van der Waals surface area contributed by atoms with E-state index < -0.39 is 8.07 Å². The molecule has 0 saturated carbocycles. The molecule has 4 aromatic rings. The number of pyridine rings is 2. The van der Waals surface area contributed by atoms with Crippen molar-refractivity contribution in [3.05, 3.63) is 65.5 Å². The molecule has 0 atom stereocenters. The molecule has 0 aliphatic rings. The molecule has 0 radical (unpaired) electrons. The first-order chi connectivity index (χ1) is 15.8. The van der Waals surface area contributed by atoms with Gasteiger partial charge in [0.15, 0.2) is 0 Å². The van der Waals surface area contributed by atoms with Gasteiger partial charge in [-0.2, -0.15) is 5.10 Å². The number of aryl methyl sites for hydroxylation is 1. The fraction of sp³-hybridized carbons (Fsp3) is 0.360. The number of fused-ring (bicyclic) bond motifs is 1. The van der Waals surface area contributed by atoms with E-state index >= 15 is 0 Å². The third-order valence-corrected chi connectivity index (χ3v) is 7.33. The van der Waals surface area contributed by atoms with Gasteiger partial charge in [-0.05, 0) is 37.6 Å². The monoisotopic (exact) mass is 458 g/mol. The number of rotatable bonds is 8. The zero-order chi connectivity index (χ0) is 23.6. The highest BCUT2D eigenvalue weighted by atomic mass is 28.3. The van der Waals surface area contributed by atoms with Gasteiger partial charge in [-0.25, -0.2) is 14.1 Å². The summed E-state index contributed by atoms with van der Waals surface area (Å²) in [5.41, 5.74) is 6.44. The number of ether oxygens (including phenoxy) is 1. The Labute approximate surface area is 195 Å². The quantitative estimate of drug-likeness (QED) is 0.185. The van der Waals surface area contributed by atoms with Crippen LogP contribution in [0.25, 0.3) is 33.0 Å². The standard InChI is InChI=1S/C25H30N6OSi/c1-7-21-24(19-11-12-22-27-15-23(26-3)30(22)16-19)25(20-10-8-9-18(2)28-20)29-31(21)17-32-13-14-33(4,5)6/h8-12,15-16H,7,13-14,17H2,1-2,4-6H3. The summed E-state index contributed by atoms with van der Waals surface area (Å²) in [7, 11) is -1.16. The van der Waals surface area contributed by atoms with Crippen LogP contribution in [0.3, 0.4) is 0 Å². The summed E-state index contributed by atoms with van der Waals surface area (Å²) in [6, 6.07) is 11.1. The van der Waals surface area contributed by atoms with Crippen LogP contribution in [0.2, 0.25) is 25.7 Å². The minimum atomic E-state index is -1.16. The summed E-state index contributed by atoms with van der Waals surface area (Å²) < 4.78 is 9.85. The molecule has 4 aromatic heterocycles. The van der Waals surface area contributed by atoms with Crippen molar-refractivity contribution in [3.63, 3.8) is 0 Å². The van der Waals surface area contributed by atoms with Crippen molar-refractivity contribution in [2.75, 3.05) is 6.61 Å². The first kappa shape index (κ1) is 22.9. The summed E-state index contributed by atoms with van der Waals surface area (Å²) in [5.74, 6) is 0.488. The van der Waals surface area contributed by atoms with Crippen molar-refractivity contribution in [1.82, 2.24) is 24.1 Å². The number of aromatic nitrogens is 5. The Hall–Kier alpha value is -3.28. The van der Waals surface area contributed by atoms with E-state index in [1.807, 2.05) is 52.5 Å². The van der Waals surface area contributed by atoms with Crippen LogP contribution in [0.1, 0.15) is 18.3 Å².